The van der Waals surface area contributed by atoms with E-state index in [9.17, 15) is 13.2 Å². The molecule has 0 unspecified atom stereocenters. The molecule has 1 aliphatic carbocycles. The second-order valence-electron chi connectivity index (χ2n) is 5.22. The Hall–Kier alpha value is -0.990. The van der Waals surface area contributed by atoms with Gasteiger partial charge in [0.1, 0.15) is 10.6 Å². The van der Waals surface area contributed by atoms with Crippen molar-refractivity contribution >= 4 is 27.8 Å². The number of sulfonamides is 1. The van der Waals surface area contributed by atoms with Crippen LogP contribution in [0.2, 0.25) is 0 Å². The molecule has 21 heavy (non-hydrogen) atoms. The van der Waals surface area contributed by atoms with Crippen LogP contribution in [0, 0.1) is 0 Å². The summed E-state index contributed by atoms with van der Waals surface area (Å²) in [5, 5.41) is 9.08. The fraction of sp³-hybridized carbons (Fsp3) is 0.615. The third kappa shape index (κ3) is 3.27. The molecular weight excluding hydrogens is 312 g/mol. The summed E-state index contributed by atoms with van der Waals surface area (Å²) in [4.78, 5) is 11.1. The maximum Gasteiger partial charge on any atom is 0.352 e. The second kappa shape index (κ2) is 6.02. The monoisotopic (exact) mass is 332 g/mol. The molecule has 1 heterocycles. The maximum atomic E-state index is 12.3. The van der Waals surface area contributed by atoms with Crippen LogP contribution in [-0.4, -0.2) is 41.6 Å². The van der Waals surface area contributed by atoms with Gasteiger partial charge in [-0.05, 0) is 32.1 Å². The van der Waals surface area contributed by atoms with E-state index in [2.05, 4.69) is 4.72 Å². The normalized spacial score (nSPS) is 17.4. The fourth-order valence-corrected chi connectivity index (χ4v) is 4.58. The molecule has 0 atom stereocenters. The summed E-state index contributed by atoms with van der Waals surface area (Å²) >= 11 is 1.69. The van der Waals surface area contributed by atoms with Gasteiger partial charge in [-0.2, -0.15) is 11.8 Å². The van der Waals surface area contributed by atoms with E-state index in [0.717, 1.165) is 19.3 Å². The van der Waals surface area contributed by atoms with E-state index in [-0.39, 0.29) is 15.3 Å². The Labute approximate surface area is 129 Å². The van der Waals surface area contributed by atoms with Crippen LogP contribution in [0.4, 0.5) is 0 Å². The molecule has 118 valence electrons. The lowest BCUT2D eigenvalue weighted by Gasteiger charge is -2.40. The number of carboxylic acids is 1. The second-order valence-corrected chi connectivity index (χ2v) is 8.26. The number of aromatic carboxylic acids is 1. The number of nitrogens with zero attached hydrogens (tertiary/aromatic N) is 1. The Bertz CT molecular complexity index is 627. The minimum absolute atomic E-state index is 0.00395. The first-order chi connectivity index (χ1) is 9.83. The first-order valence-electron chi connectivity index (χ1n) is 6.82. The zero-order valence-corrected chi connectivity index (χ0v) is 13.8. The largest absolute Gasteiger partial charge is 0.477 e. The molecule has 2 rings (SSSR count). The maximum absolute atomic E-state index is 12.3. The standard InChI is InChI=1S/C13H20N2O4S2/c1-3-15-8-10(7-11(15)12(16)17)21(18,19)14-9-13(20-2)5-4-6-13/h7-8,14H,3-6,9H2,1-2H3,(H,16,17). The van der Waals surface area contributed by atoms with Crippen molar-refractivity contribution in [3.8, 4) is 0 Å². The number of nitrogens with one attached hydrogen (secondary N) is 1. The summed E-state index contributed by atoms with van der Waals surface area (Å²) in [6.07, 6.45) is 6.50. The highest BCUT2D eigenvalue weighted by Crippen LogP contribution is 2.42. The molecule has 0 radical (unpaired) electrons. The molecule has 0 spiro atoms. The average molecular weight is 332 g/mol. The molecular formula is C13H20N2O4S2. The van der Waals surface area contributed by atoms with E-state index in [4.69, 9.17) is 5.11 Å². The molecule has 0 bridgehead atoms. The van der Waals surface area contributed by atoms with Gasteiger partial charge in [-0.3, -0.25) is 0 Å². The number of carbonyl (C=O) groups is 1. The van der Waals surface area contributed by atoms with Crippen LogP contribution in [0.25, 0.3) is 0 Å². The van der Waals surface area contributed by atoms with E-state index in [1.54, 1.807) is 18.7 Å². The van der Waals surface area contributed by atoms with Gasteiger partial charge in [0, 0.05) is 24.0 Å². The van der Waals surface area contributed by atoms with Gasteiger partial charge in [-0.15, -0.1) is 0 Å². The van der Waals surface area contributed by atoms with Gasteiger partial charge in [0.15, 0.2) is 0 Å². The number of aryl methyl sites for hydroxylation is 1. The molecule has 0 saturated heterocycles. The van der Waals surface area contributed by atoms with Crippen LogP contribution >= 0.6 is 11.8 Å². The number of thioether (sulfide) groups is 1. The number of hydrogen-bond acceptors (Lipinski definition) is 4. The molecule has 1 fully saturated rings. The van der Waals surface area contributed by atoms with Gasteiger partial charge in [0.25, 0.3) is 0 Å². The topological polar surface area (TPSA) is 88.4 Å². The summed E-state index contributed by atoms with van der Waals surface area (Å²) in [7, 11) is -3.67. The first-order valence-corrected chi connectivity index (χ1v) is 9.52. The van der Waals surface area contributed by atoms with Gasteiger partial charge in [-0.25, -0.2) is 17.9 Å². The lowest BCUT2D eigenvalue weighted by atomic mass is 9.84. The van der Waals surface area contributed by atoms with E-state index >= 15 is 0 Å². The van der Waals surface area contributed by atoms with Crippen LogP contribution in [0.15, 0.2) is 17.2 Å². The van der Waals surface area contributed by atoms with E-state index < -0.39 is 16.0 Å². The van der Waals surface area contributed by atoms with Crippen molar-refractivity contribution in [1.29, 1.82) is 0 Å². The van der Waals surface area contributed by atoms with E-state index in [0.29, 0.717) is 13.1 Å². The Morgan fingerprint density at radius 1 is 1.52 bits per heavy atom. The molecule has 6 nitrogen and oxygen atoms in total. The molecule has 8 heteroatoms. The average Bonchev–Trinajstić information content (AvgIpc) is 2.83. The fourth-order valence-electron chi connectivity index (χ4n) is 2.41. The predicted molar refractivity (Wildman–Crippen MR) is 82.4 cm³/mol. The van der Waals surface area contributed by atoms with Crippen molar-refractivity contribution in [2.75, 3.05) is 12.8 Å². The minimum atomic E-state index is -3.67. The van der Waals surface area contributed by atoms with Crippen molar-refractivity contribution < 1.29 is 18.3 Å². The van der Waals surface area contributed by atoms with Crippen LogP contribution < -0.4 is 4.72 Å². The zero-order valence-electron chi connectivity index (χ0n) is 12.1. The molecule has 1 aromatic heterocycles. The van der Waals surface area contributed by atoms with Gasteiger partial charge < -0.3 is 9.67 Å². The molecule has 0 aromatic carbocycles. The number of aromatic nitrogens is 1. The summed E-state index contributed by atoms with van der Waals surface area (Å²) in [6.45, 7) is 2.56. The van der Waals surface area contributed by atoms with Crippen LogP contribution in [0.1, 0.15) is 36.7 Å². The Morgan fingerprint density at radius 3 is 2.57 bits per heavy atom. The van der Waals surface area contributed by atoms with Gasteiger partial charge in [0.05, 0.1) is 0 Å². The quantitative estimate of drug-likeness (QED) is 0.794. The van der Waals surface area contributed by atoms with Gasteiger partial charge >= 0.3 is 5.97 Å². The highest BCUT2D eigenvalue weighted by Gasteiger charge is 2.37. The van der Waals surface area contributed by atoms with Crippen molar-refractivity contribution in [1.82, 2.24) is 9.29 Å². The third-order valence-electron chi connectivity index (χ3n) is 4.02. The van der Waals surface area contributed by atoms with Crippen molar-refractivity contribution in [3.05, 3.63) is 18.0 Å². The number of rotatable bonds is 7. The lowest BCUT2D eigenvalue weighted by Crippen LogP contribution is -2.45. The Balaban J connectivity index is 2.18. The Morgan fingerprint density at radius 2 is 2.19 bits per heavy atom. The van der Waals surface area contributed by atoms with Crippen LogP contribution in [0.3, 0.4) is 0 Å². The summed E-state index contributed by atoms with van der Waals surface area (Å²) in [5.41, 5.74) is -0.0129. The first kappa shape index (κ1) is 16.4. The summed E-state index contributed by atoms with van der Waals surface area (Å²) in [6, 6.07) is 1.21. The van der Waals surface area contributed by atoms with Crippen LogP contribution in [-0.2, 0) is 16.6 Å². The zero-order chi connectivity index (χ0) is 15.7. The number of hydrogen-bond donors (Lipinski definition) is 2. The van der Waals surface area contributed by atoms with Gasteiger partial charge in [0.2, 0.25) is 10.0 Å². The molecule has 2 N–H and O–H groups in total. The molecule has 1 aromatic rings. The van der Waals surface area contributed by atoms with Crippen molar-refractivity contribution in [2.45, 2.75) is 42.4 Å². The molecule has 1 aliphatic rings. The minimum Gasteiger partial charge on any atom is -0.477 e. The predicted octanol–water partition coefficient (Wildman–Crippen LogP) is 1.77. The van der Waals surface area contributed by atoms with Gasteiger partial charge in [-0.1, -0.05) is 6.42 Å². The third-order valence-corrected chi connectivity index (χ3v) is 6.81. The van der Waals surface area contributed by atoms with E-state index in [1.165, 1.54) is 16.8 Å². The summed E-state index contributed by atoms with van der Waals surface area (Å²) < 4.78 is 28.7. The summed E-state index contributed by atoms with van der Waals surface area (Å²) in [5.74, 6) is -1.13. The molecule has 1 saturated carbocycles. The van der Waals surface area contributed by atoms with E-state index in [1.807, 2.05) is 6.26 Å². The lowest BCUT2D eigenvalue weighted by molar-refractivity contribution is 0.0685. The smallest absolute Gasteiger partial charge is 0.352 e. The highest BCUT2D eigenvalue weighted by molar-refractivity contribution is 8.00. The highest BCUT2D eigenvalue weighted by atomic mass is 32.2. The molecule has 0 aliphatic heterocycles. The molecule has 0 amide bonds. The Kier molecular flexibility index (Phi) is 4.69. The van der Waals surface area contributed by atoms with Crippen LogP contribution in [0.5, 0.6) is 0 Å². The SMILES string of the molecule is CCn1cc(S(=O)(=O)NCC2(SC)CCC2)cc1C(=O)O. The number of carboxylic acid groups (broad SMARTS) is 1. The van der Waals surface area contributed by atoms with Crippen molar-refractivity contribution in [3.63, 3.8) is 0 Å². The van der Waals surface area contributed by atoms with Crippen molar-refractivity contribution in [2.24, 2.45) is 0 Å².